The van der Waals surface area contributed by atoms with Crippen LogP contribution in [0.25, 0.3) is 6.08 Å². The number of nitrogens with one attached hydrogen (secondary N) is 1. The third-order valence-corrected chi connectivity index (χ3v) is 4.24. The van der Waals surface area contributed by atoms with Crippen LogP contribution in [0.4, 0.5) is 13.2 Å². The molecule has 1 aliphatic heterocycles. The smallest absolute Gasteiger partial charge is 0.335 e. The number of carbonyl (C=O) groups excluding carboxylic acids is 1. The molecule has 1 amide bonds. The molecule has 0 bridgehead atoms. The second kappa shape index (κ2) is 7.74. The van der Waals surface area contributed by atoms with Gasteiger partial charge < -0.3 is 4.90 Å². The highest BCUT2D eigenvalue weighted by molar-refractivity contribution is 5.92. The first-order valence-electron chi connectivity index (χ1n) is 8.29. The Morgan fingerprint density at radius 3 is 2.46 bits per heavy atom. The lowest BCUT2D eigenvalue weighted by atomic mass is 10.2. The van der Waals surface area contributed by atoms with Crippen molar-refractivity contribution >= 4 is 12.0 Å². The number of H-pyrrole nitrogens is 1. The summed E-state index contributed by atoms with van der Waals surface area (Å²) in [6, 6.07) is 10.7. The van der Waals surface area contributed by atoms with Gasteiger partial charge in [-0.25, -0.2) is 0 Å². The number of carbonyl (C=O) groups is 1. The molecular formula is C18H19F3N4O. The van der Waals surface area contributed by atoms with E-state index in [2.05, 4.69) is 16.1 Å². The molecule has 0 unspecified atom stereocenters. The quantitative estimate of drug-likeness (QED) is 0.908. The van der Waals surface area contributed by atoms with Gasteiger partial charge in [0.05, 0.1) is 0 Å². The second-order valence-electron chi connectivity index (χ2n) is 6.07. The molecule has 3 rings (SSSR count). The van der Waals surface area contributed by atoms with Crippen LogP contribution in [0, 0.1) is 0 Å². The molecular weight excluding hydrogens is 345 g/mol. The van der Waals surface area contributed by atoms with Crippen molar-refractivity contribution in [3.8, 4) is 0 Å². The zero-order chi connectivity index (χ0) is 18.6. The van der Waals surface area contributed by atoms with Crippen molar-refractivity contribution in [1.29, 1.82) is 0 Å². The third-order valence-electron chi connectivity index (χ3n) is 4.24. The SMILES string of the molecule is O=C(c1cc(C(F)(F)F)[nH]n1)N1CCN(C/C=C/c2ccccc2)CC1. The van der Waals surface area contributed by atoms with Crippen molar-refractivity contribution in [2.24, 2.45) is 0 Å². The van der Waals surface area contributed by atoms with Gasteiger partial charge in [-0.2, -0.15) is 18.3 Å². The fourth-order valence-electron chi connectivity index (χ4n) is 2.77. The number of halogens is 3. The van der Waals surface area contributed by atoms with E-state index >= 15 is 0 Å². The lowest BCUT2D eigenvalue weighted by Crippen LogP contribution is -2.48. The number of aromatic nitrogens is 2. The van der Waals surface area contributed by atoms with E-state index in [0.717, 1.165) is 18.2 Å². The molecule has 1 N–H and O–H groups in total. The van der Waals surface area contributed by atoms with Gasteiger partial charge in [0.2, 0.25) is 0 Å². The Bertz CT molecular complexity index is 762. The van der Waals surface area contributed by atoms with Gasteiger partial charge >= 0.3 is 6.18 Å². The van der Waals surface area contributed by atoms with Crippen molar-refractivity contribution < 1.29 is 18.0 Å². The molecule has 5 nitrogen and oxygen atoms in total. The van der Waals surface area contributed by atoms with Gasteiger partial charge in [-0.15, -0.1) is 0 Å². The summed E-state index contributed by atoms with van der Waals surface area (Å²) in [5.41, 5.74) is -0.0828. The molecule has 1 aromatic heterocycles. The van der Waals surface area contributed by atoms with E-state index in [-0.39, 0.29) is 5.69 Å². The van der Waals surface area contributed by atoms with Crippen molar-refractivity contribution in [3.05, 3.63) is 59.4 Å². The fourth-order valence-corrected chi connectivity index (χ4v) is 2.77. The minimum Gasteiger partial charge on any atom is -0.335 e. The predicted molar refractivity (Wildman–Crippen MR) is 91.4 cm³/mol. The van der Waals surface area contributed by atoms with Crippen LogP contribution in [0.3, 0.4) is 0 Å². The van der Waals surface area contributed by atoms with Crippen LogP contribution in [0.1, 0.15) is 21.7 Å². The number of amides is 1. The van der Waals surface area contributed by atoms with Crippen LogP contribution in [0.15, 0.2) is 42.5 Å². The summed E-state index contributed by atoms with van der Waals surface area (Å²) in [4.78, 5) is 16.0. The number of hydrogen-bond acceptors (Lipinski definition) is 3. The first-order chi connectivity index (χ1) is 12.4. The van der Waals surface area contributed by atoms with Gasteiger partial charge in [0, 0.05) is 38.8 Å². The Kier molecular flexibility index (Phi) is 5.41. The Balaban J connectivity index is 1.49. The fraction of sp³-hybridized carbons (Fsp3) is 0.333. The molecule has 2 aromatic rings. The number of piperazine rings is 1. The van der Waals surface area contributed by atoms with E-state index in [1.54, 1.807) is 0 Å². The van der Waals surface area contributed by atoms with Crippen molar-refractivity contribution in [3.63, 3.8) is 0 Å². The Hall–Kier alpha value is -2.61. The van der Waals surface area contributed by atoms with E-state index in [1.807, 2.05) is 41.5 Å². The summed E-state index contributed by atoms with van der Waals surface area (Å²) >= 11 is 0. The van der Waals surface area contributed by atoms with Gasteiger partial charge in [-0.05, 0) is 5.56 Å². The van der Waals surface area contributed by atoms with Gasteiger partial charge in [0.1, 0.15) is 5.69 Å². The second-order valence-corrected chi connectivity index (χ2v) is 6.07. The molecule has 1 aromatic carbocycles. The van der Waals surface area contributed by atoms with Crippen LogP contribution >= 0.6 is 0 Å². The van der Waals surface area contributed by atoms with Crippen molar-refractivity contribution in [2.75, 3.05) is 32.7 Å². The topological polar surface area (TPSA) is 52.2 Å². The summed E-state index contributed by atoms with van der Waals surface area (Å²) in [7, 11) is 0. The molecule has 0 saturated carbocycles. The van der Waals surface area contributed by atoms with Gasteiger partial charge in [-0.3, -0.25) is 14.8 Å². The monoisotopic (exact) mass is 364 g/mol. The van der Waals surface area contributed by atoms with E-state index < -0.39 is 17.8 Å². The average molecular weight is 364 g/mol. The normalized spacial score (nSPS) is 16.3. The lowest BCUT2D eigenvalue weighted by Gasteiger charge is -2.33. The maximum atomic E-state index is 12.6. The minimum atomic E-state index is -4.53. The van der Waals surface area contributed by atoms with Crippen LogP contribution in [0.2, 0.25) is 0 Å². The summed E-state index contributed by atoms with van der Waals surface area (Å²) in [5.74, 6) is -0.476. The third kappa shape index (κ3) is 4.51. The molecule has 0 radical (unpaired) electrons. The number of alkyl halides is 3. The molecule has 138 valence electrons. The van der Waals surface area contributed by atoms with Crippen LogP contribution in [-0.2, 0) is 6.18 Å². The number of rotatable bonds is 4. The van der Waals surface area contributed by atoms with Crippen molar-refractivity contribution in [2.45, 2.75) is 6.18 Å². The summed E-state index contributed by atoms with van der Waals surface area (Å²) in [5, 5.41) is 5.37. The van der Waals surface area contributed by atoms with Crippen molar-refractivity contribution in [1.82, 2.24) is 20.0 Å². The van der Waals surface area contributed by atoms with Crippen LogP contribution in [0.5, 0.6) is 0 Å². The van der Waals surface area contributed by atoms with E-state index in [1.165, 1.54) is 4.90 Å². The number of aromatic amines is 1. The molecule has 0 aliphatic carbocycles. The predicted octanol–water partition coefficient (Wildman–Crippen LogP) is 2.90. The van der Waals surface area contributed by atoms with E-state index in [9.17, 15) is 18.0 Å². The first kappa shape index (κ1) is 18.2. The molecule has 1 fully saturated rings. The molecule has 8 heteroatoms. The lowest BCUT2D eigenvalue weighted by molar-refractivity contribution is -0.141. The van der Waals surface area contributed by atoms with Gasteiger partial charge in [0.15, 0.2) is 5.69 Å². The summed E-state index contributed by atoms with van der Waals surface area (Å²) in [6.45, 7) is 3.03. The summed E-state index contributed by atoms with van der Waals surface area (Å²) < 4.78 is 37.8. The summed E-state index contributed by atoms with van der Waals surface area (Å²) in [6.07, 6.45) is -0.425. The van der Waals surface area contributed by atoms with E-state index in [0.29, 0.717) is 26.2 Å². The minimum absolute atomic E-state index is 0.199. The number of nitrogens with zero attached hydrogens (tertiary/aromatic N) is 3. The Labute approximate surface area is 149 Å². The maximum absolute atomic E-state index is 12.6. The van der Waals surface area contributed by atoms with Gasteiger partial charge in [0.25, 0.3) is 5.91 Å². The molecule has 2 heterocycles. The Morgan fingerprint density at radius 2 is 1.85 bits per heavy atom. The zero-order valence-electron chi connectivity index (χ0n) is 14.0. The van der Waals surface area contributed by atoms with Gasteiger partial charge in [-0.1, -0.05) is 42.5 Å². The maximum Gasteiger partial charge on any atom is 0.432 e. The molecule has 1 aliphatic rings. The number of benzene rings is 1. The highest BCUT2D eigenvalue weighted by atomic mass is 19.4. The molecule has 26 heavy (non-hydrogen) atoms. The molecule has 0 atom stereocenters. The number of hydrogen-bond donors (Lipinski definition) is 1. The van der Waals surface area contributed by atoms with Crippen LogP contribution < -0.4 is 0 Å². The van der Waals surface area contributed by atoms with E-state index in [4.69, 9.17) is 0 Å². The highest BCUT2D eigenvalue weighted by Crippen LogP contribution is 2.27. The first-order valence-corrected chi connectivity index (χ1v) is 8.29. The molecule has 0 spiro atoms. The highest BCUT2D eigenvalue weighted by Gasteiger charge is 2.34. The standard InChI is InChI=1S/C18H19F3N4O/c19-18(20,21)16-13-15(22-23-16)17(26)25-11-9-24(10-12-25)8-4-7-14-5-2-1-3-6-14/h1-7,13H,8-12H2,(H,22,23)/b7-4+. The van der Waals surface area contributed by atoms with Crippen LogP contribution in [-0.4, -0.2) is 58.6 Å². The Morgan fingerprint density at radius 1 is 1.15 bits per heavy atom. The zero-order valence-corrected chi connectivity index (χ0v) is 14.0. The average Bonchev–Trinajstić information content (AvgIpc) is 3.13. The molecule has 1 saturated heterocycles. The largest absolute Gasteiger partial charge is 0.432 e.